The molecule has 6 nitrogen and oxygen atoms in total. The van der Waals surface area contributed by atoms with Gasteiger partial charge in [-0.05, 0) is 74.4 Å². The number of amidine groups is 2. The van der Waals surface area contributed by atoms with E-state index < -0.39 is 5.91 Å². The van der Waals surface area contributed by atoms with E-state index in [9.17, 15) is 4.79 Å². The summed E-state index contributed by atoms with van der Waals surface area (Å²) >= 11 is 13.8. The summed E-state index contributed by atoms with van der Waals surface area (Å²) in [5.41, 5.74) is 3.67. The van der Waals surface area contributed by atoms with Crippen LogP contribution in [0.5, 0.6) is 0 Å². The Bertz CT molecular complexity index is 1180. The number of nitrogens with one attached hydrogen (secondary N) is 1. The molecule has 2 aliphatic heterocycles. The summed E-state index contributed by atoms with van der Waals surface area (Å²) < 4.78 is 2.00. The standard InChI is InChI=1S/C21H19Cl2N5OS/c1-4-5-18-26-28-19(24)15(20(29)25-21(28)30-18)9-13-8-11(2)27(12(13)3)17-7-6-14(22)10-16(17)23/h6-10,24H,4-5H2,1-3H3/b15-9+,24-19?. The molecule has 1 amide bonds. The lowest BCUT2D eigenvalue weighted by Gasteiger charge is -2.20. The van der Waals surface area contributed by atoms with Gasteiger partial charge in [0, 0.05) is 16.4 Å². The molecule has 2 aliphatic rings. The van der Waals surface area contributed by atoms with Crippen molar-refractivity contribution >= 4 is 63.0 Å². The summed E-state index contributed by atoms with van der Waals surface area (Å²) in [6.07, 6.45) is 3.44. The normalized spacial score (nSPS) is 17.5. The summed E-state index contributed by atoms with van der Waals surface area (Å²) in [4.78, 5) is 16.8. The lowest BCUT2D eigenvalue weighted by molar-refractivity contribution is -0.114. The second-order valence-corrected chi connectivity index (χ2v) is 8.91. The van der Waals surface area contributed by atoms with Crippen LogP contribution in [0, 0.1) is 19.3 Å². The highest BCUT2D eigenvalue weighted by Crippen LogP contribution is 2.32. The molecule has 0 atom stereocenters. The first kappa shape index (κ1) is 20.9. The average Bonchev–Trinajstić information content (AvgIpc) is 3.20. The van der Waals surface area contributed by atoms with Gasteiger partial charge in [0.25, 0.3) is 5.91 Å². The molecule has 30 heavy (non-hydrogen) atoms. The number of hydrazone groups is 1. The van der Waals surface area contributed by atoms with Gasteiger partial charge >= 0.3 is 0 Å². The van der Waals surface area contributed by atoms with Crippen molar-refractivity contribution in [2.75, 3.05) is 0 Å². The van der Waals surface area contributed by atoms with Gasteiger partial charge in [-0.15, -0.1) is 0 Å². The summed E-state index contributed by atoms with van der Waals surface area (Å²) in [6.45, 7) is 5.97. The largest absolute Gasteiger partial charge is 0.316 e. The molecule has 154 valence electrons. The van der Waals surface area contributed by atoms with Gasteiger partial charge in [-0.3, -0.25) is 10.2 Å². The molecular formula is C21H19Cl2N5OS. The maximum absolute atomic E-state index is 12.7. The zero-order chi connectivity index (χ0) is 21.6. The first-order chi connectivity index (χ1) is 14.3. The van der Waals surface area contributed by atoms with Crippen LogP contribution < -0.4 is 0 Å². The predicted molar refractivity (Wildman–Crippen MR) is 125 cm³/mol. The molecule has 4 rings (SSSR count). The Balaban J connectivity index is 1.74. The lowest BCUT2D eigenvalue weighted by atomic mass is 10.1. The Morgan fingerprint density at radius 1 is 1.23 bits per heavy atom. The quantitative estimate of drug-likeness (QED) is 0.585. The summed E-state index contributed by atoms with van der Waals surface area (Å²) in [5, 5.41) is 16.8. The van der Waals surface area contributed by atoms with Crippen LogP contribution in [0.25, 0.3) is 11.8 Å². The van der Waals surface area contributed by atoms with Crippen molar-refractivity contribution in [1.29, 1.82) is 5.41 Å². The van der Waals surface area contributed by atoms with Gasteiger partial charge in [-0.25, -0.2) is 0 Å². The minimum absolute atomic E-state index is 0.0398. The van der Waals surface area contributed by atoms with E-state index in [2.05, 4.69) is 17.0 Å². The predicted octanol–water partition coefficient (Wildman–Crippen LogP) is 5.82. The number of carbonyl (C=O) groups excluding carboxylic acids is 1. The number of hydrogen-bond donors (Lipinski definition) is 1. The molecule has 1 aromatic heterocycles. The number of aryl methyl sites for hydroxylation is 1. The molecule has 0 radical (unpaired) electrons. The molecule has 1 N–H and O–H groups in total. The number of carbonyl (C=O) groups is 1. The highest BCUT2D eigenvalue weighted by atomic mass is 35.5. The Morgan fingerprint density at radius 2 is 2.00 bits per heavy atom. The summed E-state index contributed by atoms with van der Waals surface area (Å²) in [5.74, 6) is -0.390. The zero-order valence-corrected chi connectivity index (χ0v) is 19.0. The van der Waals surface area contributed by atoms with Crippen LogP contribution in [0.3, 0.4) is 0 Å². The van der Waals surface area contributed by atoms with E-state index in [1.165, 1.54) is 16.8 Å². The fourth-order valence-electron chi connectivity index (χ4n) is 3.47. The fraction of sp³-hybridized carbons (Fsp3) is 0.238. The van der Waals surface area contributed by atoms with Crippen molar-refractivity contribution in [1.82, 2.24) is 9.58 Å². The molecular weight excluding hydrogens is 441 g/mol. The topological polar surface area (TPSA) is 73.8 Å². The molecule has 3 heterocycles. The molecule has 0 saturated heterocycles. The van der Waals surface area contributed by atoms with E-state index in [0.717, 1.165) is 40.5 Å². The van der Waals surface area contributed by atoms with Crippen molar-refractivity contribution in [3.8, 4) is 5.69 Å². The first-order valence-corrected chi connectivity index (χ1v) is 11.0. The van der Waals surface area contributed by atoms with Crippen molar-refractivity contribution in [3.05, 3.63) is 56.8 Å². The maximum Gasteiger partial charge on any atom is 0.283 e. The molecule has 9 heteroatoms. The van der Waals surface area contributed by atoms with Crippen LogP contribution in [0.1, 0.15) is 36.7 Å². The van der Waals surface area contributed by atoms with Crippen LogP contribution in [0.4, 0.5) is 0 Å². The molecule has 0 saturated carbocycles. The lowest BCUT2D eigenvalue weighted by Crippen LogP contribution is -2.35. The highest BCUT2D eigenvalue weighted by molar-refractivity contribution is 8.26. The Hall–Kier alpha value is -2.35. The van der Waals surface area contributed by atoms with Crippen LogP contribution in [-0.4, -0.2) is 31.5 Å². The van der Waals surface area contributed by atoms with Crippen molar-refractivity contribution in [2.45, 2.75) is 33.6 Å². The van der Waals surface area contributed by atoms with E-state index in [0.29, 0.717) is 15.2 Å². The SMILES string of the molecule is CCCC1=NN2C(=N)/C(=C\c3cc(C)n(-c4ccc(Cl)cc4Cl)c3C)C(=O)N=C2S1. The minimum Gasteiger partial charge on any atom is -0.316 e. The average molecular weight is 460 g/mol. The summed E-state index contributed by atoms with van der Waals surface area (Å²) in [7, 11) is 0. The summed E-state index contributed by atoms with van der Waals surface area (Å²) in [6, 6.07) is 7.30. The fourth-order valence-corrected chi connectivity index (χ4v) is 4.95. The molecule has 0 fully saturated rings. The van der Waals surface area contributed by atoms with E-state index in [-0.39, 0.29) is 11.4 Å². The molecule has 0 spiro atoms. The highest BCUT2D eigenvalue weighted by Gasteiger charge is 2.35. The van der Waals surface area contributed by atoms with Gasteiger partial charge < -0.3 is 4.57 Å². The van der Waals surface area contributed by atoms with Crippen molar-refractivity contribution < 1.29 is 4.79 Å². The third kappa shape index (κ3) is 3.62. The smallest absolute Gasteiger partial charge is 0.283 e. The van der Waals surface area contributed by atoms with Gasteiger partial charge in [-0.1, -0.05) is 30.1 Å². The number of fused-ring (bicyclic) bond motifs is 1. The third-order valence-electron chi connectivity index (χ3n) is 4.88. The van der Waals surface area contributed by atoms with Crippen molar-refractivity contribution in [2.24, 2.45) is 10.1 Å². The number of hydrogen-bond acceptors (Lipinski definition) is 4. The van der Waals surface area contributed by atoms with E-state index in [1.807, 2.05) is 30.5 Å². The van der Waals surface area contributed by atoms with E-state index >= 15 is 0 Å². The number of nitrogens with zero attached hydrogens (tertiary/aromatic N) is 4. The molecule has 0 aliphatic carbocycles. The second kappa shape index (κ2) is 8.06. The monoisotopic (exact) mass is 459 g/mol. The first-order valence-electron chi connectivity index (χ1n) is 9.43. The van der Waals surface area contributed by atoms with Crippen LogP contribution in [-0.2, 0) is 4.79 Å². The van der Waals surface area contributed by atoms with Gasteiger partial charge in [0.1, 0.15) is 5.04 Å². The number of aliphatic imine (C=N–C) groups is 1. The number of thioether (sulfide) groups is 1. The van der Waals surface area contributed by atoms with Crippen molar-refractivity contribution in [3.63, 3.8) is 0 Å². The van der Waals surface area contributed by atoms with Gasteiger partial charge in [0.2, 0.25) is 5.17 Å². The van der Waals surface area contributed by atoms with Gasteiger partial charge in [-0.2, -0.15) is 15.1 Å². The minimum atomic E-state index is -0.430. The number of halogens is 2. The van der Waals surface area contributed by atoms with Crippen LogP contribution in [0.15, 0.2) is 39.9 Å². The number of rotatable bonds is 4. The molecule has 1 aromatic carbocycles. The molecule has 2 aromatic rings. The Morgan fingerprint density at radius 3 is 2.70 bits per heavy atom. The Labute approximate surface area is 188 Å². The number of benzene rings is 1. The van der Waals surface area contributed by atoms with Crippen LogP contribution >= 0.6 is 35.0 Å². The van der Waals surface area contributed by atoms with Crippen LogP contribution in [0.2, 0.25) is 10.0 Å². The Kier molecular flexibility index (Phi) is 5.61. The number of aromatic nitrogens is 1. The second-order valence-electron chi connectivity index (χ2n) is 7.02. The van der Waals surface area contributed by atoms with Gasteiger partial charge in [0.15, 0.2) is 5.84 Å². The maximum atomic E-state index is 12.7. The van der Waals surface area contributed by atoms with E-state index in [1.54, 1.807) is 18.2 Å². The molecule has 0 unspecified atom stereocenters. The van der Waals surface area contributed by atoms with Gasteiger partial charge in [0.05, 0.1) is 16.3 Å². The number of amides is 1. The van der Waals surface area contributed by atoms with E-state index in [4.69, 9.17) is 28.6 Å². The zero-order valence-electron chi connectivity index (χ0n) is 16.7. The molecule has 0 bridgehead atoms. The third-order valence-corrected chi connectivity index (χ3v) is 6.39.